The van der Waals surface area contributed by atoms with E-state index in [1.54, 1.807) is 0 Å². The van der Waals surface area contributed by atoms with Crippen LogP contribution in [-0.4, -0.2) is 36.8 Å². The van der Waals surface area contributed by atoms with Gasteiger partial charge < -0.3 is 10.2 Å². The minimum atomic E-state index is -0.963. The summed E-state index contributed by atoms with van der Waals surface area (Å²) in [5.74, 6) is -0.970. The highest BCUT2D eigenvalue weighted by Gasteiger charge is 2.21. The lowest BCUT2D eigenvalue weighted by Crippen LogP contribution is -2.13. The number of carboxylic acid groups (broad SMARTS) is 1. The van der Waals surface area contributed by atoms with Crippen molar-refractivity contribution in [3.63, 3.8) is 0 Å². The molecule has 19 heavy (non-hydrogen) atoms. The van der Waals surface area contributed by atoms with Crippen molar-refractivity contribution in [2.24, 2.45) is 0 Å². The van der Waals surface area contributed by atoms with E-state index in [0.717, 1.165) is 13.3 Å². The fraction of sp³-hybridized carbons (Fsp3) is 0.444. The number of thioether (sulfide) groups is 1. The normalized spacial score (nSPS) is 9.37. The van der Waals surface area contributed by atoms with Crippen LogP contribution in [0.3, 0.4) is 0 Å². The van der Waals surface area contributed by atoms with E-state index in [-0.39, 0.29) is 5.16 Å². The first kappa shape index (κ1) is 16.9. The molecule has 0 bridgehead atoms. The van der Waals surface area contributed by atoms with Gasteiger partial charge in [0.25, 0.3) is 11.8 Å². The molecule has 106 valence electrons. The van der Waals surface area contributed by atoms with Crippen LogP contribution in [0.1, 0.15) is 20.3 Å². The molecule has 0 saturated carbocycles. The molecule has 1 aromatic rings. The summed E-state index contributed by atoms with van der Waals surface area (Å²) < 4.78 is 0. The number of aromatic amines is 1. The van der Waals surface area contributed by atoms with Gasteiger partial charge in [-0.3, -0.25) is 24.7 Å². The van der Waals surface area contributed by atoms with Crippen molar-refractivity contribution in [1.29, 1.82) is 0 Å². The summed E-state index contributed by atoms with van der Waals surface area (Å²) >= 11 is 1.22. The van der Waals surface area contributed by atoms with E-state index in [0.29, 0.717) is 5.75 Å². The average molecular weight is 291 g/mol. The molecule has 0 radical (unpaired) electrons. The molecule has 1 heterocycles. The molecule has 9 nitrogen and oxygen atoms in total. The van der Waals surface area contributed by atoms with E-state index >= 15 is 0 Å². The number of aromatic nitrogens is 2. The van der Waals surface area contributed by atoms with E-state index in [4.69, 9.17) is 15.0 Å². The van der Waals surface area contributed by atoms with Crippen molar-refractivity contribution < 1.29 is 19.9 Å². The first-order valence-electron chi connectivity index (χ1n) is 5.09. The Morgan fingerprint density at radius 1 is 1.58 bits per heavy atom. The van der Waals surface area contributed by atoms with Crippen molar-refractivity contribution in [1.82, 2.24) is 9.97 Å². The number of carbonyl (C=O) groups is 1. The Labute approximate surface area is 111 Å². The summed E-state index contributed by atoms with van der Waals surface area (Å²) in [6.07, 6.45) is 0.867. The van der Waals surface area contributed by atoms with Crippen LogP contribution in [-0.2, 0) is 4.79 Å². The number of H-pyrrole nitrogens is 1. The van der Waals surface area contributed by atoms with Gasteiger partial charge in [-0.1, -0.05) is 18.7 Å². The predicted octanol–water partition coefficient (Wildman–Crippen LogP) is 0.977. The summed E-state index contributed by atoms with van der Waals surface area (Å²) in [5.41, 5.74) is -1.86. The zero-order valence-electron chi connectivity index (χ0n) is 10.2. The van der Waals surface area contributed by atoms with Gasteiger partial charge in [-0.25, -0.2) is 0 Å². The average Bonchev–Trinajstić information content (AvgIpc) is 2.23. The number of carboxylic acids is 1. The Morgan fingerprint density at radius 3 is 2.47 bits per heavy atom. The topological polar surface area (TPSA) is 146 Å². The second-order valence-corrected chi connectivity index (χ2v) is 4.25. The highest BCUT2D eigenvalue weighted by atomic mass is 32.2. The second kappa shape index (κ2) is 8.08. The van der Waals surface area contributed by atoms with Gasteiger partial charge in [0.15, 0.2) is 5.16 Å². The lowest BCUT2D eigenvalue weighted by Gasteiger charge is -1.99. The fourth-order valence-electron chi connectivity index (χ4n) is 0.867. The van der Waals surface area contributed by atoms with E-state index in [9.17, 15) is 14.9 Å². The van der Waals surface area contributed by atoms with Gasteiger partial charge in [-0.05, 0) is 6.42 Å². The third-order valence-corrected chi connectivity index (χ3v) is 2.56. The predicted molar refractivity (Wildman–Crippen MR) is 67.5 cm³/mol. The molecule has 3 N–H and O–H groups in total. The number of aliphatic carboxylic acids is 1. The van der Waals surface area contributed by atoms with Gasteiger partial charge in [-0.15, -0.1) is 0 Å². The molecule has 0 spiro atoms. The number of nitrogens with zero attached hydrogens (tertiary/aromatic N) is 2. The summed E-state index contributed by atoms with van der Waals surface area (Å²) in [6.45, 7) is 3.02. The van der Waals surface area contributed by atoms with E-state index in [1.165, 1.54) is 11.8 Å². The summed E-state index contributed by atoms with van der Waals surface area (Å²) in [4.78, 5) is 35.3. The molecule has 1 rings (SSSR count). The third kappa shape index (κ3) is 6.41. The van der Waals surface area contributed by atoms with Crippen LogP contribution in [0.5, 0.6) is 5.88 Å². The molecule has 1 aromatic heterocycles. The van der Waals surface area contributed by atoms with Crippen LogP contribution < -0.4 is 5.56 Å². The van der Waals surface area contributed by atoms with E-state index in [1.807, 2.05) is 6.92 Å². The fourth-order valence-corrected chi connectivity index (χ4v) is 1.58. The summed E-state index contributed by atoms with van der Waals surface area (Å²) in [5, 5.41) is 27.1. The Balaban J connectivity index is 0.000000711. The standard InChI is InChI=1S/C7H9N3O4S.C2H4O2/c1-2-3-15-7-8-5(11)4(10(13)14)6(12)9-7;1-2(3)4/h2-3H2,1H3,(H2,8,9,11,12);1H3,(H,3,4). The number of rotatable bonds is 4. The minimum absolute atomic E-state index is 0.185. The highest BCUT2D eigenvalue weighted by Crippen LogP contribution is 2.21. The molecule has 0 fully saturated rings. The van der Waals surface area contributed by atoms with Crippen molar-refractivity contribution in [2.75, 3.05) is 5.75 Å². The molecule has 0 aliphatic carbocycles. The highest BCUT2D eigenvalue weighted by molar-refractivity contribution is 7.99. The largest absolute Gasteiger partial charge is 0.488 e. The molecular formula is C9H13N3O6S. The van der Waals surface area contributed by atoms with Gasteiger partial charge in [0.05, 0.1) is 4.92 Å². The number of hydrogen-bond donors (Lipinski definition) is 3. The summed E-state index contributed by atoms with van der Waals surface area (Å²) in [7, 11) is 0. The van der Waals surface area contributed by atoms with Crippen molar-refractivity contribution in [3.8, 4) is 5.88 Å². The zero-order valence-corrected chi connectivity index (χ0v) is 11.1. The first-order chi connectivity index (χ1) is 8.79. The molecule has 10 heteroatoms. The van der Waals surface area contributed by atoms with Crippen molar-refractivity contribution >= 4 is 23.4 Å². The molecule has 0 atom stereocenters. The maximum absolute atomic E-state index is 11.2. The van der Waals surface area contributed by atoms with Crippen LogP contribution >= 0.6 is 11.8 Å². The maximum Gasteiger partial charge on any atom is 0.395 e. The molecule has 0 saturated heterocycles. The smallest absolute Gasteiger partial charge is 0.395 e. The van der Waals surface area contributed by atoms with Gasteiger partial charge in [0.1, 0.15) is 0 Å². The minimum Gasteiger partial charge on any atom is -0.488 e. The third-order valence-electron chi connectivity index (χ3n) is 1.48. The lowest BCUT2D eigenvalue weighted by molar-refractivity contribution is -0.387. The van der Waals surface area contributed by atoms with Crippen LogP contribution in [0.2, 0.25) is 0 Å². The number of aromatic hydroxyl groups is 1. The maximum atomic E-state index is 11.2. The molecule has 0 aliphatic rings. The quantitative estimate of drug-likeness (QED) is 0.322. The van der Waals surface area contributed by atoms with E-state index < -0.39 is 28.0 Å². The summed E-state index contributed by atoms with van der Waals surface area (Å²) in [6, 6.07) is 0. The Morgan fingerprint density at radius 2 is 2.11 bits per heavy atom. The first-order valence-corrected chi connectivity index (χ1v) is 6.08. The van der Waals surface area contributed by atoms with Crippen LogP contribution in [0.4, 0.5) is 5.69 Å². The number of hydrogen-bond acceptors (Lipinski definition) is 7. The lowest BCUT2D eigenvalue weighted by atomic mass is 10.5. The zero-order chi connectivity index (χ0) is 15.0. The second-order valence-electron chi connectivity index (χ2n) is 3.17. The molecule has 0 aliphatic heterocycles. The molecular weight excluding hydrogens is 278 g/mol. The molecule has 0 aromatic carbocycles. The Bertz CT molecular complexity index is 511. The van der Waals surface area contributed by atoms with Gasteiger partial charge in [0, 0.05) is 12.7 Å². The van der Waals surface area contributed by atoms with Gasteiger partial charge in [-0.2, -0.15) is 4.98 Å². The SMILES string of the molecule is CC(=O)O.CCCSc1nc(O)c([N+](=O)[O-])c(=O)[nH]1. The van der Waals surface area contributed by atoms with Crippen LogP contribution in [0, 0.1) is 10.1 Å². The Kier molecular flexibility index (Phi) is 7.19. The van der Waals surface area contributed by atoms with Crippen molar-refractivity contribution in [3.05, 3.63) is 20.5 Å². The number of nitrogens with one attached hydrogen (secondary N) is 1. The van der Waals surface area contributed by atoms with Gasteiger partial charge >= 0.3 is 11.2 Å². The Hall–Kier alpha value is -2.10. The van der Waals surface area contributed by atoms with Crippen molar-refractivity contribution in [2.45, 2.75) is 25.4 Å². The van der Waals surface area contributed by atoms with Crippen LogP contribution in [0.15, 0.2) is 9.95 Å². The number of nitro groups is 1. The van der Waals surface area contributed by atoms with Gasteiger partial charge in [0.2, 0.25) is 0 Å². The monoisotopic (exact) mass is 291 g/mol. The van der Waals surface area contributed by atoms with Crippen LogP contribution in [0.25, 0.3) is 0 Å². The molecule has 0 unspecified atom stereocenters. The van der Waals surface area contributed by atoms with E-state index in [2.05, 4.69) is 9.97 Å². The molecule has 0 amide bonds.